The van der Waals surface area contributed by atoms with Gasteiger partial charge in [-0.05, 0) is 24.0 Å². The van der Waals surface area contributed by atoms with Gasteiger partial charge in [0, 0.05) is 6.26 Å². The van der Waals surface area contributed by atoms with Crippen molar-refractivity contribution in [3.8, 4) is 0 Å². The molecule has 0 heterocycles. The highest BCUT2D eigenvalue weighted by Gasteiger charge is 2.19. The van der Waals surface area contributed by atoms with Gasteiger partial charge in [0.15, 0.2) is 0 Å². The molecule has 0 fully saturated rings. The van der Waals surface area contributed by atoms with Crippen molar-refractivity contribution < 1.29 is 4.18 Å². The maximum Gasteiger partial charge on any atom is 0.136 e. The minimum atomic E-state index is 0.0809. The van der Waals surface area contributed by atoms with Crippen LogP contribution in [-0.4, -0.2) is 6.26 Å². The second-order valence-electron chi connectivity index (χ2n) is 3.63. The maximum atomic E-state index is 5.36. The minimum absolute atomic E-state index is 0.0809. The van der Waals surface area contributed by atoms with Crippen LogP contribution in [0, 0.1) is 5.41 Å². The van der Waals surface area contributed by atoms with Crippen molar-refractivity contribution in [3.05, 3.63) is 24.0 Å². The molecule has 0 aliphatic rings. The van der Waals surface area contributed by atoms with Crippen LogP contribution in [0.4, 0.5) is 0 Å². The van der Waals surface area contributed by atoms with E-state index in [4.69, 9.17) is 4.18 Å². The van der Waals surface area contributed by atoms with Gasteiger partial charge in [-0.1, -0.05) is 27.4 Å². The molecule has 0 spiro atoms. The predicted molar refractivity (Wildman–Crippen MR) is 57.0 cm³/mol. The molecular weight excluding hydrogens is 168 g/mol. The van der Waals surface area contributed by atoms with Gasteiger partial charge in [-0.2, -0.15) is 0 Å². The van der Waals surface area contributed by atoms with Gasteiger partial charge >= 0.3 is 0 Å². The second kappa shape index (κ2) is 4.61. The first-order valence-electron chi connectivity index (χ1n) is 4.00. The third-order valence-corrected chi connectivity index (χ3v) is 1.98. The molecule has 0 aliphatic heterocycles. The van der Waals surface area contributed by atoms with E-state index in [9.17, 15) is 0 Å². The Morgan fingerprint density at radius 1 is 1.42 bits per heavy atom. The lowest BCUT2D eigenvalue weighted by Gasteiger charge is -2.22. The van der Waals surface area contributed by atoms with E-state index >= 15 is 0 Å². The average molecular weight is 186 g/mol. The molecule has 0 aliphatic carbocycles. The molecule has 0 amide bonds. The van der Waals surface area contributed by atoms with Crippen molar-refractivity contribution in [1.82, 2.24) is 0 Å². The van der Waals surface area contributed by atoms with Crippen molar-refractivity contribution >= 4 is 12.0 Å². The highest BCUT2D eigenvalue weighted by Crippen LogP contribution is 2.31. The van der Waals surface area contributed by atoms with Gasteiger partial charge in [0.1, 0.15) is 5.76 Å². The van der Waals surface area contributed by atoms with E-state index in [0.717, 1.165) is 11.3 Å². The Labute approximate surface area is 80.1 Å². The van der Waals surface area contributed by atoms with Gasteiger partial charge in [0.2, 0.25) is 0 Å². The van der Waals surface area contributed by atoms with E-state index in [1.54, 1.807) is 0 Å². The van der Waals surface area contributed by atoms with Crippen LogP contribution >= 0.6 is 12.0 Å². The Bertz CT molecular complexity index is 187. The molecule has 0 aromatic rings. The number of rotatable bonds is 3. The number of hydrogen-bond acceptors (Lipinski definition) is 2. The monoisotopic (exact) mass is 186 g/mol. The molecule has 0 rings (SSSR count). The summed E-state index contributed by atoms with van der Waals surface area (Å²) in [5.74, 6) is 0.884. The first-order chi connectivity index (χ1) is 5.43. The molecule has 0 unspecified atom stereocenters. The molecule has 0 atom stereocenters. The Kier molecular flexibility index (Phi) is 4.46. The highest BCUT2D eigenvalue weighted by atomic mass is 32.2. The maximum absolute atomic E-state index is 5.36. The van der Waals surface area contributed by atoms with Crippen LogP contribution < -0.4 is 0 Å². The van der Waals surface area contributed by atoms with E-state index in [1.807, 2.05) is 19.3 Å². The summed E-state index contributed by atoms with van der Waals surface area (Å²) in [5, 5.41) is 0. The zero-order chi connectivity index (χ0) is 9.78. The van der Waals surface area contributed by atoms with Gasteiger partial charge < -0.3 is 4.18 Å². The Hall–Kier alpha value is -0.370. The molecule has 0 saturated heterocycles. The van der Waals surface area contributed by atoms with E-state index in [1.165, 1.54) is 12.0 Å². The fourth-order valence-electron chi connectivity index (χ4n) is 0.732. The highest BCUT2D eigenvalue weighted by molar-refractivity contribution is 7.94. The van der Waals surface area contributed by atoms with Gasteiger partial charge in [-0.15, -0.1) is 0 Å². The molecule has 1 nitrogen and oxygen atoms in total. The first-order valence-corrected chi connectivity index (χ1v) is 5.15. The summed E-state index contributed by atoms with van der Waals surface area (Å²) in [6, 6.07) is 0. The van der Waals surface area contributed by atoms with Gasteiger partial charge in [0.05, 0.1) is 12.0 Å². The summed E-state index contributed by atoms with van der Waals surface area (Å²) < 4.78 is 5.36. The normalized spacial score (nSPS) is 12.9. The molecule has 0 aromatic carbocycles. The van der Waals surface area contributed by atoms with E-state index < -0.39 is 0 Å². The van der Waals surface area contributed by atoms with Crippen LogP contribution in [0.15, 0.2) is 24.0 Å². The van der Waals surface area contributed by atoms with Gasteiger partial charge in [-0.3, -0.25) is 0 Å². The summed E-state index contributed by atoms with van der Waals surface area (Å²) in [4.78, 5) is 0. The molecule has 0 bridgehead atoms. The summed E-state index contributed by atoms with van der Waals surface area (Å²) >= 11 is 1.35. The topological polar surface area (TPSA) is 9.23 Å². The van der Waals surface area contributed by atoms with Crippen molar-refractivity contribution in [3.63, 3.8) is 0 Å². The second-order valence-corrected chi connectivity index (χ2v) is 4.13. The van der Waals surface area contributed by atoms with E-state index in [2.05, 4.69) is 27.4 Å². The first kappa shape index (κ1) is 11.6. The standard InChI is InChI=1S/C10H18OS/c1-7-9(11-12-6)8(2)10(3,4)5/h7H,2H2,1,3-6H3. The van der Waals surface area contributed by atoms with Crippen LogP contribution in [0.3, 0.4) is 0 Å². The summed E-state index contributed by atoms with van der Waals surface area (Å²) in [7, 11) is 0. The fraction of sp³-hybridized carbons (Fsp3) is 0.600. The molecule has 0 aromatic heterocycles. The van der Waals surface area contributed by atoms with Crippen molar-refractivity contribution in [2.24, 2.45) is 5.41 Å². The van der Waals surface area contributed by atoms with Crippen LogP contribution in [0.5, 0.6) is 0 Å². The van der Waals surface area contributed by atoms with E-state index in [-0.39, 0.29) is 5.41 Å². The molecule has 0 N–H and O–H groups in total. The third-order valence-electron chi connectivity index (χ3n) is 1.64. The fourth-order valence-corrected chi connectivity index (χ4v) is 1.11. The van der Waals surface area contributed by atoms with Crippen LogP contribution in [-0.2, 0) is 4.18 Å². The number of allylic oxidation sites excluding steroid dienone is 2. The lowest BCUT2D eigenvalue weighted by Crippen LogP contribution is -2.10. The van der Waals surface area contributed by atoms with Gasteiger partial charge in [-0.25, -0.2) is 0 Å². The minimum Gasteiger partial charge on any atom is -0.426 e. The molecule has 2 heteroatoms. The molecule has 12 heavy (non-hydrogen) atoms. The molecule has 0 saturated carbocycles. The molecule has 0 radical (unpaired) electrons. The van der Waals surface area contributed by atoms with Crippen LogP contribution in [0.25, 0.3) is 0 Å². The largest absolute Gasteiger partial charge is 0.426 e. The third kappa shape index (κ3) is 3.35. The summed E-state index contributed by atoms with van der Waals surface area (Å²) in [5.41, 5.74) is 1.12. The molecular formula is C10H18OS. The van der Waals surface area contributed by atoms with Crippen LogP contribution in [0.1, 0.15) is 27.7 Å². The van der Waals surface area contributed by atoms with Crippen molar-refractivity contribution in [2.45, 2.75) is 27.7 Å². The number of hydrogen-bond donors (Lipinski definition) is 0. The predicted octanol–water partition coefficient (Wildman–Crippen LogP) is 3.79. The van der Waals surface area contributed by atoms with Crippen molar-refractivity contribution in [2.75, 3.05) is 6.26 Å². The lowest BCUT2D eigenvalue weighted by molar-refractivity contribution is 0.434. The lowest BCUT2D eigenvalue weighted by atomic mass is 9.86. The van der Waals surface area contributed by atoms with Gasteiger partial charge in [0.25, 0.3) is 0 Å². The summed E-state index contributed by atoms with van der Waals surface area (Å²) in [6.45, 7) is 12.4. The quantitative estimate of drug-likeness (QED) is 0.377. The van der Waals surface area contributed by atoms with Crippen LogP contribution in [0.2, 0.25) is 0 Å². The SMILES string of the molecule is C=C(C(=CC)OSC)C(C)(C)C. The Morgan fingerprint density at radius 2 is 1.92 bits per heavy atom. The zero-order valence-corrected chi connectivity index (χ0v) is 9.42. The Morgan fingerprint density at radius 3 is 2.17 bits per heavy atom. The molecule has 70 valence electrons. The zero-order valence-electron chi connectivity index (χ0n) is 8.60. The Balaban J connectivity index is 4.45. The smallest absolute Gasteiger partial charge is 0.136 e. The summed E-state index contributed by atoms with van der Waals surface area (Å²) in [6.07, 6.45) is 3.85. The van der Waals surface area contributed by atoms with E-state index in [0.29, 0.717) is 0 Å². The van der Waals surface area contributed by atoms with Crippen molar-refractivity contribution in [1.29, 1.82) is 0 Å². The average Bonchev–Trinajstić information content (AvgIpc) is 1.97.